The molecule has 84 valence electrons. The van der Waals surface area contributed by atoms with Crippen molar-refractivity contribution in [2.45, 2.75) is 6.10 Å². The Bertz CT molecular complexity index is 522. The molecular formula is C14H12O2Si. The number of carbonyl (C=O) groups excluding carboxylic acids is 1. The smallest absolute Gasteiger partial charge is 0.368 e. The molecular weight excluding hydrogens is 228 g/mol. The van der Waals surface area contributed by atoms with Gasteiger partial charge in [-0.3, -0.25) is 0 Å². The highest BCUT2D eigenvalue weighted by molar-refractivity contribution is 6.23. The fraction of sp³-hybridized carbons (Fsp3) is 0.0714. The van der Waals surface area contributed by atoms with E-state index < -0.39 is 10.0 Å². The predicted molar refractivity (Wildman–Crippen MR) is 68.2 cm³/mol. The molecule has 3 heteroatoms. The molecule has 1 aliphatic rings. The summed E-state index contributed by atoms with van der Waals surface area (Å²) in [6, 6.07) is 20.3. The van der Waals surface area contributed by atoms with Crippen LogP contribution in [0.25, 0.3) is 0 Å². The summed E-state index contributed by atoms with van der Waals surface area (Å²) >= 11 is 0. The number of ketones is 1. The van der Waals surface area contributed by atoms with E-state index in [9.17, 15) is 0 Å². The van der Waals surface area contributed by atoms with Gasteiger partial charge in [-0.2, -0.15) is 0 Å². The van der Waals surface area contributed by atoms with Crippen molar-refractivity contribution in [2.75, 3.05) is 0 Å². The van der Waals surface area contributed by atoms with E-state index in [2.05, 4.69) is 24.3 Å². The monoisotopic (exact) mass is 240 g/mol. The molecule has 1 atom stereocenters. The van der Waals surface area contributed by atoms with Crippen molar-refractivity contribution in [3.63, 3.8) is 0 Å². The Balaban J connectivity index is 1.96. The molecule has 0 saturated heterocycles. The molecule has 2 aromatic carbocycles. The van der Waals surface area contributed by atoms with Crippen molar-refractivity contribution in [1.82, 2.24) is 0 Å². The second kappa shape index (κ2) is 4.65. The largest absolute Gasteiger partial charge is 0.482 e. The Hall–Kier alpha value is -1.71. The van der Waals surface area contributed by atoms with Gasteiger partial charge in [0.15, 0.2) is 6.10 Å². The molecule has 0 aromatic heterocycles. The lowest BCUT2D eigenvalue weighted by Gasteiger charge is -2.10. The Labute approximate surface area is 103 Å². The average molecular weight is 240 g/mol. The van der Waals surface area contributed by atoms with Crippen molar-refractivity contribution >= 4 is 15.8 Å². The third-order valence-electron chi connectivity index (χ3n) is 2.77. The second-order valence-electron chi connectivity index (χ2n) is 3.87. The number of rotatable bonds is 2. The van der Waals surface area contributed by atoms with Crippen LogP contribution in [0.3, 0.4) is 0 Å². The highest BCUT2D eigenvalue weighted by Crippen LogP contribution is 2.25. The molecule has 2 aromatic rings. The summed E-state index contributed by atoms with van der Waals surface area (Å²) in [5.74, 6) is 0.937. The van der Waals surface area contributed by atoms with Crippen LogP contribution in [0.4, 0.5) is 0 Å². The van der Waals surface area contributed by atoms with Crippen LogP contribution in [-0.4, -0.2) is 15.8 Å². The highest BCUT2D eigenvalue weighted by atomic mass is 28.2. The van der Waals surface area contributed by atoms with E-state index in [0.717, 1.165) is 16.9 Å². The number of hydrogen-bond donors (Lipinski definition) is 0. The lowest BCUT2D eigenvalue weighted by atomic mass is 10.0. The zero-order chi connectivity index (χ0) is 11.5. The van der Waals surface area contributed by atoms with Gasteiger partial charge in [-0.05, 0) is 17.7 Å². The molecule has 3 rings (SSSR count). The van der Waals surface area contributed by atoms with Gasteiger partial charge >= 0.3 is 10.0 Å². The van der Waals surface area contributed by atoms with Gasteiger partial charge in [-0.25, -0.2) is 0 Å². The van der Waals surface area contributed by atoms with E-state index in [1.54, 1.807) is 0 Å². The molecule has 0 bridgehead atoms. The van der Waals surface area contributed by atoms with E-state index in [1.165, 1.54) is 0 Å². The van der Waals surface area contributed by atoms with Gasteiger partial charge in [0.05, 0.1) is 5.56 Å². The second-order valence-corrected chi connectivity index (χ2v) is 4.57. The molecule has 0 saturated carbocycles. The van der Waals surface area contributed by atoms with Crippen molar-refractivity contribution in [2.24, 2.45) is 0 Å². The third-order valence-corrected chi connectivity index (χ3v) is 3.50. The molecule has 0 spiro atoms. The molecule has 0 radical (unpaired) electrons. The summed E-state index contributed by atoms with van der Waals surface area (Å²) in [7, 11) is -0.397. The number of hydrogen-bond acceptors (Lipinski definition) is 1. The molecule has 1 heterocycles. The summed E-state index contributed by atoms with van der Waals surface area (Å²) < 4.78 is 11.4. The lowest BCUT2D eigenvalue weighted by Crippen LogP contribution is -2.11. The van der Waals surface area contributed by atoms with Crippen molar-refractivity contribution in [3.05, 3.63) is 71.8 Å². The quantitative estimate of drug-likeness (QED) is 0.583. The SMILES string of the molecule is c1ccc(C2=[O+][SiH-]OC2c2ccccc2)cc1. The first kappa shape index (κ1) is 10.4. The standard InChI is InChI=1S/C14H12O2Si/c1-3-7-11(8-4-1)13-14(16-17-15-13)12-9-5-2-6-10-12/h1-10,13,17H. The molecule has 2 nitrogen and oxygen atoms in total. The van der Waals surface area contributed by atoms with E-state index in [4.69, 9.17) is 8.54 Å². The molecule has 0 aliphatic carbocycles. The average Bonchev–Trinajstić information content (AvgIpc) is 2.90. The summed E-state index contributed by atoms with van der Waals surface area (Å²) in [6.45, 7) is 0. The predicted octanol–water partition coefficient (Wildman–Crippen LogP) is 2.44. The maximum Gasteiger partial charge on any atom is 0.368 e. The van der Waals surface area contributed by atoms with Gasteiger partial charge in [0, 0.05) is 0 Å². The summed E-state index contributed by atoms with van der Waals surface area (Å²) in [5, 5.41) is 0. The lowest BCUT2D eigenvalue weighted by molar-refractivity contribution is -0.0840. The van der Waals surface area contributed by atoms with Gasteiger partial charge in [-0.15, -0.1) is 0 Å². The molecule has 0 N–H and O–H groups in total. The van der Waals surface area contributed by atoms with E-state index in [-0.39, 0.29) is 6.10 Å². The van der Waals surface area contributed by atoms with E-state index >= 15 is 0 Å². The van der Waals surface area contributed by atoms with Crippen LogP contribution < -0.4 is 0 Å². The van der Waals surface area contributed by atoms with E-state index in [1.807, 2.05) is 36.4 Å². The van der Waals surface area contributed by atoms with Crippen molar-refractivity contribution in [1.29, 1.82) is 0 Å². The molecule has 0 amide bonds. The van der Waals surface area contributed by atoms with Crippen LogP contribution in [0.1, 0.15) is 21.3 Å². The van der Waals surface area contributed by atoms with Crippen LogP contribution in [0.15, 0.2) is 60.7 Å². The minimum atomic E-state index is -0.397. The van der Waals surface area contributed by atoms with Gasteiger partial charge < -0.3 is 8.54 Å². The molecule has 1 aliphatic heterocycles. The molecule has 0 fully saturated rings. The maximum atomic E-state index is 5.73. The van der Waals surface area contributed by atoms with Crippen LogP contribution in [-0.2, 0) is 4.43 Å². The zero-order valence-electron chi connectivity index (χ0n) is 9.24. The van der Waals surface area contributed by atoms with E-state index in [0.29, 0.717) is 0 Å². The van der Waals surface area contributed by atoms with Gasteiger partial charge in [0.25, 0.3) is 5.78 Å². The Morgan fingerprint density at radius 1 is 0.882 bits per heavy atom. The zero-order valence-corrected chi connectivity index (χ0v) is 10.4. The summed E-state index contributed by atoms with van der Waals surface area (Å²) in [5.41, 5.74) is 2.25. The van der Waals surface area contributed by atoms with Crippen molar-refractivity contribution < 1.29 is 8.54 Å². The Morgan fingerprint density at radius 2 is 1.53 bits per heavy atom. The molecule has 1 unspecified atom stereocenters. The van der Waals surface area contributed by atoms with Crippen LogP contribution in [0.2, 0.25) is 0 Å². The van der Waals surface area contributed by atoms with Crippen LogP contribution in [0, 0.1) is 0 Å². The van der Waals surface area contributed by atoms with Gasteiger partial charge in [-0.1, -0.05) is 48.5 Å². The van der Waals surface area contributed by atoms with Crippen LogP contribution >= 0.6 is 0 Å². The minimum absolute atomic E-state index is 0.0476. The third kappa shape index (κ3) is 2.07. The minimum Gasteiger partial charge on any atom is -0.482 e. The first-order chi connectivity index (χ1) is 8.45. The topological polar surface area (TPSA) is 20.5 Å². The summed E-state index contributed by atoms with van der Waals surface area (Å²) in [4.78, 5) is 0. The highest BCUT2D eigenvalue weighted by Gasteiger charge is 2.30. The summed E-state index contributed by atoms with van der Waals surface area (Å²) in [6.07, 6.45) is -0.0476. The first-order valence-electron chi connectivity index (χ1n) is 5.56. The number of benzene rings is 2. The fourth-order valence-electron chi connectivity index (χ4n) is 1.94. The molecule has 17 heavy (non-hydrogen) atoms. The first-order valence-corrected chi connectivity index (χ1v) is 6.50. The normalized spacial score (nSPS) is 18.6. The van der Waals surface area contributed by atoms with Gasteiger partial charge in [0.2, 0.25) is 0 Å². The Morgan fingerprint density at radius 3 is 2.24 bits per heavy atom. The Kier molecular flexibility index (Phi) is 2.86. The van der Waals surface area contributed by atoms with Gasteiger partial charge in [0.1, 0.15) is 0 Å². The fourth-order valence-corrected chi connectivity index (χ4v) is 2.75. The maximum absolute atomic E-state index is 5.73. The van der Waals surface area contributed by atoms with Crippen LogP contribution in [0.5, 0.6) is 0 Å². The van der Waals surface area contributed by atoms with Crippen molar-refractivity contribution in [3.8, 4) is 0 Å².